The number of nitrogens with zero attached hydrogens (tertiary/aromatic N) is 6. The number of phenolic OH excluding ortho intramolecular Hbond substituents is 1. The first kappa shape index (κ1) is 30.1. The summed E-state index contributed by atoms with van der Waals surface area (Å²) in [6.07, 6.45) is 3.89. The Bertz CT molecular complexity index is 1950. The van der Waals surface area contributed by atoms with Crippen molar-refractivity contribution in [2.45, 2.75) is 31.3 Å². The maximum Gasteiger partial charge on any atom is 0.355 e. The number of anilines is 1. The van der Waals surface area contributed by atoms with E-state index in [0.717, 1.165) is 16.9 Å². The number of sulfone groups is 1. The summed E-state index contributed by atoms with van der Waals surface area (Å²) in [4.78, 5) is 42.8. The standard InChI is InChI=1S/C29H28ClFN6O5S/c1-5-17-10-11-32-28(43(4,41)42)25(17)37-27-18(14-19(30)24(33-27)23-20(31)8-7-9-21(23)38)26(34-29(37)40)36-13-12-35(15-16(36)3)22(39)6-2/h6-11,14,16,38H,2,5,12-13,15H2,1,3-4H3/t16-/m0/s1. The van der Waals surface area contributed by atoms with E-state index in [4.69, 9.17) is 11.6 Å². The molecule has 1 N–H and O–H groups in total. The summed E-state index contributed by atoms with van der Waals surface area (Å²) in [5, 5.41) is 10.4. The molecule has 0 radical (unpaired) electrons. The van der Waals surface area contributed by atoms with Crippen molar-refractivity contribution in [3.05, 3.63) is 76.1 Å². The molecule has 5 rings (SSSR count). The number of carbonyl (C=O) groups excluding carboxylic acids is 1. The molecule has 0 bridgehead atoms. The second kappa shape index (κ2) is 11.4. The fraction of sp³-hybridized carbons (Fsp3) is 0.276. The molecule has 4 heterocycles. The minimum atomic E-state index is -3.95. The van der Waals surface area contributed by atoms with Crippen LogP contribution in [0.15, 0.2) is 59.0 Å². The van der Waals surface area contributed by atoms with E-state index < -0.39 is 27.1 Å². The van der Waals surface area contributed by atoms with Crippen LogP contribution in [0.2, 0.25) is 5.02 Å². The van der Waals surface area contributed by atoms with Gasteiger partial charge in [-0.05, 0) is 49.2 Å². The predicted octanol–water partition coefficient (Wildman–Crippen LogP) is 3.53. The molecule has 4 aromatic rings. The minimum absolute atomic E-state index is 0.0328. The summed E-state index contributed by atoms with van der Waals surface area (Å²) in [6.45, 7) is 8.15. The van der Waals surface area contributed by atoms with Gasteiger partial charge in [0.2, 0.25) is 5.91 Å². The van der Waals surface area contributed by atoms with Gasteiger partial charge in [0.05, 0.1) is 27.4 Å². The number of hydrogen-bond donors (Lipinski definition) is 1. The van der Waals surface area contributed by atoms with Crippen LogP contribution in [0, 0.1) is 5.82 Å². The predicted molar refractivity (Wildman–Crippen MR) is 161 cm³/mol. The maximum atomic E-state index is 15.0. The lowest BCUT2D eigenvalue weighted by molar-refractivity contribution is -0.126. The number of fused-ring (bicyclic) bond motifs is 1. The quantitative estimate of drug-likeness (QED) is 0.319. The van der Waals surface area contributed by atoms with E-state index >= 15 is 4.39 Å². The van der Waals surface area contributed by atoms with Crippen molar-refractivity contribution in [2.24, 2.45) is 0 Å². The molecular weight excluding hydrogens is 599 g/mol. The van der Waals surface area contributed by atoms with Crippen molar-refractivity contribution in [1.29, 1.82) is 0 Å². The van der Waals surface area contributed by atoms with Gasteiger partial charge in [0.25, 0.3) is 0 Å². The number of rotatable bonds is 6. The van der Waals surface area contributed by atoms with Crippen LogP contribution < -0.4 is 10.6 Å². The molecule has 0 aliphatic carbocycles. The Balaban J connectivity index is 1.88. The Morgan fingerprint density at radius 1 is 1.26 bits per heavy atom. The molecule has 1 atom stereocenters. The molecule has 43 heavy (non-hydrogen) atoms. The second-order valence-corrected chi connectivity index (χ2v) is 12.5. The van der Waals surface area contributed by atoms with Crippen LogP contribution in [0.4, 0.5) is 10.2 Å². The molecule has 224 valence electrons. The number of halogens is 2. The number of aryl methyl sites for hydroxylation is 1. The number of hydrogen-bond acceptors (Lipinski definition) is 9. The Hall–Kier alpha value is -4.36. The van der Waals surface area contributed by atoms with Gasteiger partial charge in [-0.1, -0.05) is 31.2 Å². The summed E-state index contributed by atoms with van der Waals surface area (Å²) >= 11 is 6.67. The highest BCUT2D eigenvalue weighted by molar-refractivity contribution is 7.90. The van der Waals surface area contributed by atoms with E-state index in [2.05, 4.69) is 21.5 Å². The highest BCUT2D eigenvalue weighted by Crippen LogP contribution is 2.39. The zero-order chi connectivity index (χ0) is 31.2. The monoisotopic (exact) mass is 626 g/mol. The smallest absolute Gasteiger partial charge is 0.355 e. The number of piperazine rings is 1. The lowest BCUT2D eigenvalue weighted by Crippen LogP contribution is -2.54. The van der Waals surface area contributed by atoms with Gasteiger partial charge in [-0.3, -0.25) is 4.79 Å². The van der Waals surface area contributed by atoms with Crippen molar-refractivity contribution in [2.75, 3.05) is 30.8 Å². The van der Waals surface area contributed by atoms with Crippen molar-refractivity contribution < 1.29 is 22.7 Å². The summed E-state index contributed by atoms with van der Waals surface area (Å²) in [5.74, 6) is -1.26. The SMILES string of the molecule is C=CC(=O)N1CCN(c2nc(=O)n(-c3c(CC)ccnc3S(C)(=O)=O)c3nc(-c4c(O)cccc4F)c(Cl)cc23)[C@@H](C)C1. The maximum absolute atomic E-state index is 15.0. The number of amides is 1. The molecule has 14 heteroatoms. The molecule has 1 aliphatic heterocycles. The van der Waals surface area contributed by atoms with E-state index in [0.29, 0.717) is 31.6 Å². The number of carbonyl (C=O) groups is 1. The molecule has 1 amide bonds. The molecule has 0 saturated carbocycles. The van der Waals surface area contributed by atoms with Gasteiger partial charge in [0.15, 0.2) is 20.5 Å². The fourth-order valence-corrected chi connectivity index (χ4v) is 6.39. The Morgan fingerprint density at radius 2 is 2.00 bits per heavy atom. The number of aromatic hydroxyl groups is 1. The molecule has 0 unspecified atom stereocenters. The van der Waals surface area contributed by atoms with E-state index in [1.807, 2.05) is 11.8 Å². The Morgan fingerprint density at radius 3 is 2.63 bits per heavy atom. The summed E-state index contributed by atoms with van der Waals surface area (Å²) in [6, 6.07) is 6.48. The Kier molecular flexibility index (Phi) is 7.97. The van der Waals surface area contributed by atoms with Gasteiger partial charge in [0.1, 0.15) is 17.4 Å². The topological polar surface area (TPSA) is 139 Å². The van der Waals surface area contributed by atoms with Crippen molar-refractivity contribution in [3.8, 4) is 22.7 Å². The second-order valence-electron chi connectivity index (χ2n) is 10.2. The number of phenols is 1. The van der Waals surface area contributed by atoms with Gasteiger partial charge in [-0.2, -0.15) is 4.98 Å². The lowest BCUT2D eigenvalue weighted by atomic mass is 10.1. The van der Waals surface area contributed by atoms with Crippen LogP contribution in [0.25, 0.3) is 28.0 Å². The van der Waals surface area contributed by atoms with Gasteiger partial charge >= 0.3 is 5.69 Å². The molecule has 1 fully saturated rings. The fourth-order valence-electron chi connectivity index (χ4n) is 5.32. The van der Waals surface area contributed by atoms with Crippen LogP contribution >= 0.6 is 11.6 Å². The van der Waals surface area contributed by atoms with Crippen LogP contribution in [-0.2, 0) is 21.1 Å². The van der Waals surface area contributed by atoms with Gasteiger partial charge in [-0.25, -0.2) is 32.1 Å². The third-order valence-electron chi connectivity index (χ3n) is 7.35. The molecule has 11 nitrogen and oxygen atoms in total. The molecular formula is C29H28ClFN6O5S. The van der Waals surface area contributed by atoms with Gasteiger partial charge in [0, 0.05) is 38.1 Å². The third-order valence-corrected chi connectivity index (χ3v) is 8.63. The summed E-state index contributed by atoms with van der Waals surface area (Å²) < 4.78 is 41.8. The lowest BCUT2D eigenvalue weighted by Gasteiger charge is -2.40. The third kappa shape index (κ3) is 5.34. The van der Waals surface area contributed by atoms with E-state index in [1.54, 1.807) is 17.9 Å². The van der Waals surface area contributed by atoms with E-state index in [-0.39, 0.29) is 55.8 Å². The first-order valence-electron chi connectivity index (χ1n) is 13.3. The van der Waals surface area contributed by atoms with E-state index in [9.17, 15) is 23.1 Å². The first-order chi connectivity index (χ1) is 20.4. The highest BCUT2D eigenvalue weighted by atomic mass is 35.5. The number of pyridine rings is 2. The van der Waals surface area contributed by atoms with E-state index in [1.165, 1.54) is 30.5 Å². The van der Waals surface area contributed by atoms with Gasteiger partial charge < -0.3 is 14.9 Å². The first-order valence-corrected chi connectivity index (χ1v) is 15.6. The average molecular weight is 627 g/mol. The van der Waals surface area contributed by atoms with Crippen LogP contribution in [0.5, 0.6) is 5.75 Å². The zero-order valence-corrected chi connectivity index (χ0v) is 25.2. The van der Waals surface area contributed by atoms with Gasteiger partial charge in [-0.15, -0.1) is 0 Å². The molecule has 3 aromatic heterocycles. The Labute approximate surface area is 251 Å². The molecule has 0 spiro atoms. The average Bonchev–Trinajstić information content (AvgIpc) is 2.96. The molecule has 1 saturated heterocycles. The van der Waals surface area contributed by atoms with Crippen LogP contribution in [0.3, 0.4) is 0 Å². The van der Waals surface area contributed by atoms with Crippen molar-refractivity contribution in [1.82, 2.24) is 24.4 Å². The summed E-state index contributed by atoms with van der Waals surface area (Å²) in [7, 11) is -3.95. The summed E-state index contributed by atoms with van der Waals surface area (Å²) in [5.41, 5.74) is -0.930. The normalized spacial score (nSPS) is 15.6. The van der Waals surface area contributed by atoms with Crippen LogP contribution in [0.1, 0.15) is 19.4 Å². The van der Waals surface area contributed by atoms with Crippen molar-refractivity contribution in [3.63, 3.8) is 0 Å². The number of aromatic nitrogens is 4. The largest absolute Gasteiger partial charge is 0.507 e. The number of benzene rings is 1. The zero-order valence-electron chi connectivity index (χ0n) is 23.6. The molecule has 1 aliphatic rings. The highest BCUT2D eigenvalue weighted by Gasteiger charge is 2.31. The van der Waals surface area contributed by atoms with Crippen molar-refractivity contribution >= 4 is 44.2 Å². The van der Waals surface area contributed by atoms with Crippen LogP contribution in [-0.4, -0.2) is 75.8 Å². The molecule has 1 aromatic carbocycles. The minimum Gasteiger partial charge on any atom is -0.507 e.